The first-order valence-electron chi connectivity index (χ1n) is 15.1. The van der Waals surface area contributed by atoms with Crippen molar-refractivity contribution in [1.82, 2.24) is 4.90 Å². The van der Waals surface area contributed by atoms with Gasteiger partial charge in [0.2, 0.25) is 0 Å². The van der Waals surface area contributed by atoms with Gasteiger partial charge in [-0.2, -0.15) is 0 Å². The van der Waals surface area contributed by atoms with Crippen molar-refractivity contribution in [3.05, 3.63) is 70.3 Å². The van der Waals surface area contributed by atoms with Gasteiger partial charge >= 0.3 is 5.97 Å². The zero-order chi connectivity index (χ0) is 33.4. The van der Waals surface area contributed by atoms with E-state index in [0.29, 0.717) is 26.0 Å². The number of hydrogen-bond donors (Lipinski definition) is 0. The molecule has 1 aliphatic heterocycles. The molecule has 2 aromatic rings. The molecule has 0 N–H and O–H groups in total. The van der Waals surface area contributed by atoms with Gasteiger partial charge in [0.25, 0.3) is 11.6 Å². The summed E-state index contributed by atoms with van der Waals surface area (Å²) >= 11 is 0. The molecule has 1 unspecified atom stereocenters. The Hall–Kier alpha value is -3.90. The van der Waals surface area contributed by atoms with Crippen LogP contribution in [-0.2, 0) is 14.0 Å². The van der Waals surface area contributed by atoms with E-state index in [2.05, 4.69) is 40.4 Å². The van der Waals surface area contributed by atoms with Gasteiger partial charge in [-0.25, -0.2) is 0 Å². The molecule has 1 saturated heterocycles. The van der Waals surface area contributed by atoms with E-state index < -0.39 is 30.8 Å². The first kappa shape index (κ1) is 35.6. The van der Waals surface area contributed by atoms with Gasteiger partial charge in [-0.05, 0) is 48.7 Å². The lowest BCUT2D eigenvalue weighted by molar-refractivity contribution is -0.385. The minimum absolute atomic E-state index is 0.00889. The number of esters is 1. The number of likely N-dealkylation sites (tertiary alicyclic amines) is 1. The lowest BCUT2D eigenvalue weighted by atomic mass is 9.96. The summed E-state index contributed by atoms with van der Waals surface area (Å²) in [5.74, 6) is 0.155. The van der Waals surface area contributed by atoms with Crippen LogP contribution in [0.25, 0.3) is 0 Å². The van der Waals surface area contributed by atoms with Crippen LogP contribution in [0.5, 0.6) is 17.2 Å². The molecule has 0 radical (unpaired) electrons. The molecule has 2 aromatic carbocycles. The Labute approximate surface area is 266 Å². The Morgan fingerprint density at radius 2 is 1.80 bits per heavy atom. The SMILES string of the molecule is C=CCOC(=O)CCCOc1cc([N+](=O)[O-])c(C(=O)N2CC(c3ccc(OC)cc3)C[C@H]2CO[Si](C)(C)C(C)(C)C)cc1OC. The van der Waals surface area contributed by atoms with Crippen molar-refractivity contribution >= 4 is 25.9 Å². The number of hydrogen-bond acceptors (Lipinski definition) is 9. The predicted molar refractivity (Wildman–Crippen MR) is 174 cm³/mol. The Kier molecular flexibility index (Phi) is 12.2. The fourth-order valence-corrected chi connectivity index (χ4v) is 5.93. The average molecular weight is 643 g/mol. The summed E-state index contributed by atoms with van der Waals surface area (Å²) in [5.41, 5.74) is 0.565. The van der Waals surface area contributed by atoms with Gasteiger partial charge in [-0.1, -0.05) is 45.6 Å². The maximum atomic E-state index is 14.2. The van der Waals surface area contributed by atoms with Gasteiger partial charge in [0, 0.05) is 24.9 Å². The number of nitro groups is 1. The highest BCUT2D eigenvalue weighted by molar-refractivity contribution is 6.74. The third-order valence-corrected chi connectivity index (χ3v) is 13.1. The van der Waals surface area contributed by atoms with E-state index in [9.17, 15) is 19.7 Å². The van der Waals surface area contributed by atoms with Crippen LogP contribution < -0.4 is 14.2 Å². The smallest absolute Gasteiger partial charge is 0.306 e. The van der Waals surface area contributed by atoms with Gasteiger partial charge in [0.05, 0.1) is 44.5 Å². The van der Waals surface area contributed by atoms with E-state index >= 15 is 0 Å². The molecule has 45 heavy (non-hydrogen) atoms. The summed E-state index contributed by atoms with van der Waals surface area (Å²) in [4.78, 5) is 39.3. The van der Waals surface area contributed by atoms with Crippen molar-refractivity contribution in [2.75, 3.05) is 40.6 Å². The molecule has 1 amide bonds. The molecule has 0 aliphatic carbocycles. The Morgan fingerprint density at radius 3 is 2.38 bits per heavy atom. The third kappa shape index (κ3) is 9.07. The van der Waals surface area contributed by atoms with Crippen LogP contribution in [0.3, 0.4) is 0 Å². The number of methoxy groups -OCH3 is 2. The van der Waals surface area contributed by atoms with Gasteiger partial charge in [-0.15, -0.1) is 0 Å². The molecule has 1 fully saturated rings. The van der Waals surface area contributed by atoms with E-state index in [1.165, 1.54) is 25.3 Å². The highest BCUT2D eigenvalue weighted by Gasteiger charge is 2.42. The number of amides is 1. The molecule has 0 bridgehead atoms. The fraction of sp³-hybridized carbons (Fsp3) is 0.515. The van der Waals surface area contributed by atoms with Gasteiger partial charge in [0.15, 0.2) is 19.8 Å². The van der Waals surface area contributed by atoms with Crippen molar-refractivity contribution in [3.63, 3.8) is 0 Å². The van der Waals surface area contributed by atoms with E-state index in [4.69, 9.17) is 23.4 Å². The van der Waals surface area contributed by atoms with Crippen LogP contribution >= 0.6 is 0 Å². The van der Waals surface area contributed by atoms with E-state index in [1.54, 1.807) is 12.0 Å². The zero-order valence-electron chi connectivity index (χ0n) is 27.4. The first-order valence-corrected chi connectivity index (χ1v) is 18.0. The van der Waals surface area contributed by atoms with E-state index in [-0.39, 0.29) is 53.7 Å². The molecule has 246 valence electrons. The largest absolute Gasteiger partial charge is 0.497 e. The molecule has 12 heteroatoms. The van der Waals surface area contributed by atoms with Crippen molar-refractivity contribution in [1.29, 1.82) is 0 Å². The maximum absolute atomic E-state index is 14.2. The van der Waals surface area contributed by atoms with Crippen LogP contribution in [0.1, 0.15) is 61.9 Å². The minimum atomic E-state index is -2.14. The molecule has 0 saturated carbocycles. The van der Waals surface area contributed by atoms with Gasteiger partial charge in [-0.3, -0.25) is 19.7 Å². The Morgan fingerprint density at radius 1 is 1.11 bits per heavy atom. The molecule has 11 nitrogen and oxygen atoms in total. The normalized spacial score (nSPS) is 16.6. The fourth-order valence-electron chi connectivity index (χ4n) is 4.88. The maximum Gasteiger partial charge on any atom is 0.306 e. The quantitative estimate of drug-likeness (QED) is 0.0533. The lowest BCUT2D eigenvalue weighted by Gasteiger charge is -2.38. The third-order valence-electron chi connectivity index (χ3n) is 8.56. The molecular formula is C33H46N2O9Si. The van der Waals surface area contributed by atoms with E-state index in [1.807, 2.05) is 24.3 Å². The summed E-state index contributed by atoms with van der Waals surface area (Å²) in [6, 6.07) is 10.0. The number of rotatable bonds is 15. The highest BCUT2D eigenvalue weighted by atomic mass is 28.4. The second-order valence-corrected chi connectivity index (χ2v) is 17.4. The summed E-state index contributed by atoms with van der Waals surface area (Å²) in [5, 5.41) is 12.2. The predicted octanol–water partition coefficient (Wildman–Crippen LogP) is 6.52. The average Bonchev–Trinajstić information content (AvgIpc) is 3.44. The molecule has 1 heterocycles. The number of carbonyl (C=O) groups is 2. The Bertz CT molecular complexity index is 1360. The molecule has 2 atom stereocenters. The van der Waals surface area contributed by atoms with Crippen LogP contribution in [0.15, 0.2) is 49.1 Å². The topological polar surface area (TPSA) is 127 Å². The lowest BCUT2D eigenvalue weighted by Crippen LogP contribution is -2.46. The molecule has 0 aromatic heterocycles. The minimum Gasteiger partial charge on any atom is -0.497 e. The second-order valence-electron chi connectivity index (χ2n) is 12.6. The monoisotopic (exact) mass is 642 g/mol. The van der Waals surface area contributed by atoms with E-state index in [0.717, 1.165) is 11.3 Å². The Balaban J connectivity index is 1.89. The van der Waals surface area contributed by atoms with Crippen LogP contribution in [0, 0.1) is 10.1 Å². The zero-order valence-corrected chi connectivity index (χ0v) is 28.4. The second kappa shape index (κ2) is 15.4. The van der Waals surface area contributed by atoms with Crippen LogP contribution in [0.2, 0.25) is 18.1 Å². The molecule has 0 spiro atoms. The van der Waals surface area contributed by atoms with Crippen LogP contribution in [-0.4, -0.2) is 76.6 Å². The number of ether oxygens (including phenoxy) is 4. The number of nitrogens with zero attached hydrogens (tertiary/aromatic N) is 2. The molecule has 1 aliphatic rings. The van der Waals surface area contributed by atoms with Crippen molar-refractivity contribution in [2.24, 2.45) is 0 Å². The number of carbonyl (C=O) groups excluding carboxylic acids is 2. The number of benzene rings is 2. The van der Waals surface area contributed by atoms with Crippen molar-refractivity contribution in [2.45, 2.75) is 70.1 Å². The summed E-state index contributed by atoms with van der Waals surface area (Å²) in [6.45, 7) is 15.2. The summed E-state index contributed by atoms with van der Waals surface area (Å²) < 4.78 is 28.1. The number of nitro benzene ring substituents is 1. The van der Waals surface area contributed by atoms with Crippen molar-refractivity contribution in [3.8, 4) is 17.2 Å². The molecular weight excluding hydrogens is 596 g/mol. The first-order chi connectivity index (χ1) is 21.2. The highest BCUT2D eigenvalue weighted by Crippen LogP contribution is 2.41. The summed E-state index contributed by atoms with van der Waals surface area (Å²) in [7, 11) is 0.869. The standard InChI is InChI=1S/C33H46N2O9Si/c1-9-16-43-31(36)11-10-17-42-30-20-28(35(38)39)27(19-29(30)41-6)32(37)34-21-24(23-12-14-26(40-5)15-13-23)18-25(34)22-44-45(7,8)33(2,3)4/h9,12-15,19-20,24-25H,1,10-11,16-18,21-22H2,2-8H3/t24?,25-/m0/s1. The summed E-state index contributed by atoms with van der Waals surface area (Å²) in [6.07, 6.45) is 2.56. The van der Waals surface area contributed by atoms with Crippen molar-refractivity contribution < 1.29 is 37.9 Å². The van der Waals surface area contributed by atoms with Crippen LogP contribution in [0.4, 0.5) is 5.69 Å². The van der Waals surface area contributed by atoms with Gasteiger partial charge in [0.1, 0.15) is 17.9 Å². The molecule has 3 rings (SSSR count). The van der Waals surface area contributed by atoms with Gasteiger partial charge < -0.3 is 28.3 Å².